The number of carbonyl (C=O) groups is 1. The zero-order valence-corrected chi connectivity index (χ0v) is 10.6. The zero-order chi connectivity index (χ0) is 12.5. The van der Waals surface area contributed by atoms with Gasteiger partial charge in [-0.1, -0.05) is 56.3 Å². The quantitative estimate of drug-likeness (QED) is 0.703. The van der Waals surface area contributed by atoms with Crippen molar-refractivity contribution in [1.82, 2.24) is 0 Å². The summed E-state index contributed by atoms with van der Waals surface area (Å²) >= 11 is 0. The Morgan fingerprint density at radius 2 is 1.94 bits per heavy atom. The van der Waals surface area contributed by atoms with E-state index in [0.717, 1.165) is 36.7 Å². The predicted octanol–water partition coefficient (Wildman–Crippen LogP) is 4.34. The number of hydrogen-bond acceptors (Lipinski definition) is 1. The average Bonchev–Trinajstić information content (AvgIpc) is 2.43. The van der Waals surface area contributed by atoms with Crippen LogP contribution in [0.5, 0.6) is 0 Å². The van der Waals surface area contributed by atoms with E-state index in [4.69, 9.17) is 0 Å². The molecule has 1 aliphatic rings. The molecular weight excluding hydrogens is 208 g/mol. The molecule has 0 saturated heterocycles. The Morgan fingerprint density at radius 3 is 2.59 bits per heavy atom. The molecule has 0 saturated carbocycles. The Kier molecular flexibility index (Phi) is 6.02. The van der Waals surface area contributed by atoms with Crippen molar-refractivity contribution in [2.75, 3.05) is 0 Å². The van der Waals surface area contributed by atoms with E-state index in [1.807, 2.05) is 38.1 Å². The number of rotatable bonds is 3. The minimum atomic E-state index is 0.803. The highest BCUT2D eigenvalue weighted by Crippen LogP contribution is 2.17. The molecule has 0 atom stereocenters. The molecule has 0 fully saturated rings. The molecule has 17 heavy (non-hydrogen) atoms. The zero-order valence-electron chi connectivity index (χ0n) is 10.6. The molecule has 0 amide bonds. The summed E-state index contributed by atoms with van der Waals surface area (Å²) in [5.74, 6) is 0. The Labute approximate surface area is 104 Å². The largest absolute Gasteiger partial charge is 0.298 e. The molecule has 0 unspecified atom stereocenters. The van der Waals surface area contributed by atoms with Crippen LogP contribution in [-0.2, 0) is 6.42 Å². The van der Waals surface area contributed by atoms with E-state index >= 15 is 0 Å². The number of allylic oxidation sites excluding steroid dienone is 4. The van der Waals surface area contributed by atoms with Crippen LogP contribution in [0.25, 0.3) is 0 Å². The van der Waals surface area contributed by atoms with Crippen molar-refractivity contribution in [2.24, 2.45) is 0 Å². The fourth-order valence-corrected chi connectivity index (χ4v) is 1.83. The van der Waals surface area contributed by atoms with E-state index in [0.29, 0.717) is 0 Å². The first-order chi connectivity index (χ1) is 8.40. The van der Waals surface area contributed by atoms with Gasteiger partial charge in [-0.15, -0.1) is 0 Å². The topological polar surface area (TPSA) is 17.1 Å². The summed E-state index contributed by atoms with van der Waals surface area (Å²) < 4.78 is 0. The third-order valence-corrected chi connectivity index (χ3v) is 2.65. The molecule has 90 valence electrons. The van der Waals surface area contributed by atoms with Gasteiger partial charge >= 0.3 is 0 Å². The molecule has 0 aliphatic heterocycles. The molecule has 0 spiro atoms. The van der Waals surface area contributed by atoms with Gasteiger partial charge in [0, 0.05) is 5.56 Å². The lowest BCUT2D eigenvalue weighted by Crippen LogP contribution is -1.95. The summed E-state index contributed by atoms with van der Waals surface area (Å²) in [7, 11) is 0. The number of aldehydes is 1. The minimum Gasteiger partial charge on any atom is -0.298 e. The van der Waals surface area contributed by atoms with Gasteiger partial charge in [-0.05, 0) is 30.4 Å². The van der Waals surface area contributed by atoms with Crippen molar-refractivity contribution in [3.8, 4) is 0 Å². The summed E-state index contributed by atoms with van der Waals surface area (Å²) in [4.78, 5) is 10.8. The maximum atomic E-state index is 10.8. The maximum absolute atomic E-state index is 10.8. The van der Waals surface area contributed by atoms with Gasteiger partial charge in [0.2, 0.25) is 0 Å². The second-order valence-corrected chi connectivity index (χ2v) is 3.75. The van der Waals surface area contributed by atoms with Crippen LogP contribution in [0.4, 0.5) is 0 Å². The van der Waals surface area contributed by atoms with Gasteiger partial charge in [-0.2, -0.15) is 0 Å². The molecule has 1 aliphatic carbocycles. The van der Waals surface area contributed by atoms with Gasteiger partial charge in [-0.25, -0.2) is 0 Å². The van der Waals surface area contributed by atoms with Gasteiger partial charge in [0.1, 0.15) is 6.29 Å². The SMILES string of the molecule is CC.O=Cc1ccccc1CC1=CCCC=C1. The lowest BCUT2D eigenvalue weighted by molar-refractivity contribution is 0.112. The molecule has 0 heterocycles. The number of benzene rings is 1. The molecule has 0 aromatic heterocycles. The summed E-state index contributed by atoms with van der Waals surface area (Å²) in [6.45, 7) is 4.00. The van der Waals surface area contributed by atoms with Crippen LogP contribution in [0.3, 0.4) is 0 Å². The van der Waals surface area contributed by atoms with Crippen LogP contribution >= 0.6 is 0 Å². The molecule has 0 N–H and O–H groups in total. The van der Waals surface area contributed by atoms with E-state index in [2.05, 4.69) is 18.2 Å². The molecule has 0 radical (unpaired) electrons. The summed E-state index contributed by atoms with van der Waals surface area (Å²) in [6.07, 6.45) is 10.7. The third-order valence-electron chi connectivity index (χ3n) is 2.65. The molecule has 1 heteroatoms. The molecule has 1 aromatic carbocycles. The summed E-state index contributed by atoms with van der Waals surface area (Å²) in [5, 5.41) is 0. The highest BCUT2D eigenvalue weighted by molar-refractivity contribution is 5.77. The van der Waals surface area contributed by atoms with E-state index in [9.17, 15) is 4.79 Å². The molecule has 1 aromatic rings. The van der Waals surface area contributed by atoms with Crippen LogP contribution < -0.4 is 0 Å². The third kappa shape index (κ3) is 4.03. The summed E-state index contributed by atoms with van der Waals surface area (Å²) in [5.41, 5.74) is 3.23. The van der Waals surface area contributed by atoms with Gasteiger partial charge in [-0.3, -0.25) is 4.79 Å². The normalized spacial score (nSPS) is 13.4. The first-order valence-corrected chi connectivity index (χ1v) is 6.29. The summed E-state index contributed by atoms with van der Waals surface area (Å²) in [6, 6.07) is 7.77. The lowest BCUT2D eigenvalue weighted by atomic mass is 9.97. The number of carbonyl (C=O) groups excluding carboxylic acids is 1. The lowest BCUT2D eigenvalue weighted by Gasteiger charge is -2.08. The van der Waals surface area contributed by atoms with Gasteiger partial charge in [0.15, 0.2) is 0 Å². The van der Waals surface area contributed by atoms with Crippen LogP contribution in [0, 0.1) is 0 Å². The van der Waals surface area contributed by atoms with Crippen molar-refractivity contribution in [3.05, 3.63) is 59.2 Å². The van der Waals surface area contributed by atoms with Crippen molar-refractivity contribution in [1.29, 1.82) is 0 Å². The molecule has 2 rings (SSSR count). The van der Waals surface area contributed by atoms with E-state index < -0.39 is 0 Å². The van der Waals surface area contributed by atoms with Crippen LogP contribution in [0.2, 0.25) is 0 Å². The maximum Gasteiger partial charge on any atom is 0.150 e. The van der Waals surface area contributed by atoms with Gasteiger partial charge in [0.25, 0.3) is 0 Å². The second kappa shape index (κ2) is 7.61. The fraction of sp³-hybridized carbons (Fsp3) is 0.312. The molecule has 0 bridgehead atoms. The Balaban J connectivity index is 0.000000686. The van der Waals surface area contributed by atoms with Crippen LogP contribution in [0.15, 0.2) is 48.1 Å². The van der Waals surface area contributed by atoms with Crippen molar-refractivity contribution in [2.45, 2.75) is 33.1 Å². The van der Waals surface area contributed by atoms with Gasteiger partial charge in [0.05, 0.1) is 0 Å². The van der Waals surface area contributed by atoms with E-state index in [1.165, 1.54) is 5.57 Å². The Hall–Kier alpha value is -1.63. The van der Waals surface area contributed by atoms with Crippen molar-refractivity contribution < 1.29 is 4.79 Å². The Morgan fingerprint density at radius 1 is 1.18 bits per heavy atom. The smallest absolute Gasteiger partial charge is 0.150 e. The second-order valence-electron chi connectivity index (χ2n) is 3.75. The fourth-order valence-electron chi connectivity index (χ4n) is 1.83. The van der Waals surface area contributed by atoms with Crippen molar-refractivity contribution >= 4 is 6.29 Å². The minimum absolute atomic E-state index is 0.803. The number of hydrogen-bond donors (Lipinski definition) is 0. The highest BCUT2D eigenvalue weighted by atomic mass is 16.1. The average molecular weight is 228 g/mol. The predicted molar refractivity (Wildman–Crippen MR) is 73.3 cm³/mol. The monoisotopic (exact) mass is 228 g/mol. The highest BCUT2D eigenvalue weighted by Gasteiger charge is 2.03. The standard InChI is InChI=1S/C14H14O.C2H6/c15-11-14-9-5-4-8-13(14)10-12-6-2-1-3-7-12;1-2/h2,4-9,11H,1,3,10H2;1-2H3. The first-order valence-electron chi connectivity index (χ1n) is 6.29. The van der Waals surface area contributed by atoms with Gasteiger partial charge < -0.3 is 0 Å². The Bertz CT molecular complexity index is 413. The first kappa shape index (κ1) is 13.4. The van der Waals surface area contributed by atoms with Crippen LogP contribution in [0.1, 0.15) is 42.6 Å². The van der Waals surface area contributed by atoms with E-state index in [1.54, 1.807) is 0 Å². The van der Waals surface area contributed by atoms with Crippen LogP contribution in [-0.4, -0.2) is 6.29 Å². The molecule has 1 nitrogen and oxygen atoms in total. The van der Waals surface area contributed by atoms with Crippen molar-refractivity contribution in [3.63, 3.8) is 0 Å². The van der Waals surface area contributed by atoms with E-state index in [-0.39, 0.29) is 0 Å². The molecular formula is C16H20O.